The van der Waals surface area contributed by atoms with Crippen LogP contribution in [0.2, 0.25) is 0 Å². The number of piperidine rings is 1. The fraction of sp³-hybridized carbons (Fsp3) is 0.385. The van der Waals surface area contributed by atoms with Gasteiger partial charge in [0, 0.05) is 32.7 Å². The first-order valence-electron chi connectivity index (χ1n) is 11.2. The first-order valence-corrected chi connectivity index (χ1v) is 11.2. The minimum atomic E-state index is -0.685. The van der Waals surface area contributed by atoms with E-state index >= 15 is 0 Å². The SMILES string of the molecule is CCN1C(=O)N(C/C=C/c2ccccc2)C(=O)C12CCN(Cc1cccc(C)c1)CC2. The number of urea groups is 1. The van der Waals surface area contributed by atoms with Gasteiger partial charge in [-0.2, -0.15) is 0 Å². The zero-order chi connectivity index (χ0) is 21.8. The molecule has 0 saturated carbocycles. The maximum absolute atomic E-state index is 13.4. The van der Waals surface area contributed by atoms with Crippen LogP contribution in [0, 0.1) is 6.92 Å². The molecule has 5 heteroatoms. The lowest BCUT2D eigenvalue weighted by Gasteiger charge is -2.42. The van der Waals surface area contributed by atoms with Crippen LogP contribution in [0.3, 0.4) is 0 Å². The third-order valence-electron chi connectivity index (χ3n) is 6.51. The Balaban J connectivity index is 1.43. The number of benzene rings is 2. The minimum absolute atomic E-state index is 0.0349. The number of rotatable bonds is 6. The molecular weight excluding hydrogens is 386 g/mol. The van der Waals surface area contributed by atoms with E-state index in [2.05, 4.69) is 36.1 Å². The van der Waals surface area contributed by atoms with Gasteiger partial charge in [-0.3, -0.25) is 14.6 Å². The van der Waals surface area contributed by atoms with Crippen LogP contribution in [0.4, 0.5) is 4.79 Å². The van der Waals surface area contributed by atoms with Gasteiger partial charge in [-0.05, 0) is 37.8 Å². The van der Waals surface area contributed by atoms with Gasteiger partial charge in [0.2, 0.25) is 0 Å². The average molecular weight is 418 g/mol. The van der Waals surface area contributed by atoms with Crippen molar-refractivity contribution in [3.8, 4) is 0 Å². The van der Waals surface area contributed by atoms with Crippen LogP contribution >= 0.6 is 0 Å². The predicted molar refractivity (Wildman–Crippen MR) is 123 cm³/mol. The van der Waals surface area contributed by atoms with Gasteiger partial charge in [-0.15, -0.1) is 0 Å². The molecule has 0 aromatic heterocycles. The van der Waals surface area contributed by atoms with Gasteiger partial charge in [-0.1, -0.05) is 72.3 Å². The van der Waals surface area contributed by atoms with Crippen LogP contribution in [-0.4, -0.2) is 58.4 Å². The molecule has 2 aromatic rings. The molecule has 2 aliphatic heterocycles. The van der Waals surface area contributed by atoms with E-state index < -0.39 is 5.54 Å². The molecule has 0 aliphatic carbocycles. The Kier molecular flexibility index (Phi) is 6.23. The Morgan fingerprint density at radius 3 is 2.42 bits per heavy atom. The third-order valence-corrected chi connectivity index (χ3v) is 6.51. The average Bonchev–Trinajstić information content (AvgIpc) is 2.97. The Bertz CT molecular complexity index is 962. The molecule has 0 bridgehead atoms. The molecule has 31 heavy (non-hydrogen) atoms. The summed E-state index contributed by atoms with van der Waals surface area (Å²) in [6.07, 6.45) is 5.25. The Morgan fingerprint density at radius 2 is 1.74 bits per heavy atom. The summed E-state index contributed by atoms with van der Waals surface area (Å²) in [5.41, 5.74) is 2.94. The van der Waals surface area contributed by atoms with E-state index in [4.69, 9.17) is 0 Å². The monoisotopic (exact) mass is 417 g/mol. The third kappa shape index (κ3) is 4.28. The maximum atomic E-state index is 13.4. The van der Waals surface area contributed by atoms with Crippen molar-refractivity contribution in [3.63, 3.8) is 0 Å². The van der Waals surface area contributed by atoms with Gasteiger partial charge < -0.3 is 4.90 Å². The molecule has 0 N–H and O–H groups in total. The molecule has 0 atom stereocenters. The molecule has 2 saturated heterocycles. The Labute approximate surface area is 184 Å². The van der Waals surface area contributed by atoms with E-state index in [1.54, 1.807) is 4.90 Å². The fourth-order valence-electron chi connectivity index (χ4n) is 4.87. The predicted octanol–water partition coefficient (Wildman–Crippen LogP) is 4.33. The van der Waals surface area contributed by atoms with Gasteiger partial charge in [0.05, 0.1) is 0 Å². The van der Waals surface area contributed by atoms with E-state index in [1.807, 2.05) is 49.4 Å². The van der Waals surface area contributed by atoms with Gasteiger partial charge in [-0.25, -0.2) is 4.79 Å². The molecule has 2 aliphatic rings. The molecule has 0 radical (unpaired) electrons. The second kappa shape index (κ2) is 9.06. The van der Waals surface area contributed by atoms with E-state index in [1.165, 1.54) is 16.0 Å². The largest absolute Gasteiger partial charge is 0.327 e. The molecule has 1 spiro atoms. The molecule has 5 nitrogen and oxygen atoms in total. The highest BCUT2D eigenvalue weighted by atomic mass is 16.2. The molecule has 2 aromatic carbocycles. The number of aryl methyl sites for hydroxylation is 1. The van der Waals surface area contributed by atoms with Crippen LogP contribution in [0.1, 0.15) is 36.5 Å². The lowest BCUT2D eigenvalue weighted by molar-refractivity contribution is -0.135. The van der Waals surface area contributed by atoms with E-state index in [-0.39, 0.29) is 11.9 Å². The normalized spacial score (nSPS) is 19.2. The topological polar surface area (TPSA) is 43.9 Å². The quantitative estimate of drug-likeness (QED) is 0.657. The molecule has 2 heterocycles. The van der Waals surface area contributed by atoms with Crippen molar-refractivity contribution in [1.82, 2.24) is 14.7 Å². The smallest absolute Gasteiger partial charge is 0.310 e. The zero-order valence-electron chi connectivity index (χ0n) is 18.5. The Hall–Kier alpha value is -2.92. The highest BCUT2D eigenvalue weighted by Gasteiger charge is 2.56. The molecular formula is C26H31N3O2. The fourth-order valence-corrected chi connectivity index (χ4v) is 4.87. The van der Waals surface area contributed by atoms with Crippen molar-refractivity contribution in [2.75, 3.05) is 26.2 Å². The second-order valence-electron chi connectivity index (χ2n) is 8.55. The number of nitrogens with zero attached hydrogens (tertiary/aromatic N) is 3. The summed E-state index contributed by atoms with van der Waals surface area (Å²) in [6, 6.07) is 18.4. The zero-order valence-corrected chi connectivity index (χ0v) is 18.5. The lowest BCUT2D eigenvalue weighted by Crippen LogP contribution is -2.56. The van der Waals surface area contributed by atoms with E-state index in [0.717, 1.165) is 25.2 Å². The summed E-state index contributed by atoms with van der Waals surface area (Å²) in [5.74, 6) is -0.0349. The van der Waals surface area contributed by atoms with Gasteiger partial charge in [0.15, 0.2) is 0 Å². The van der Waals surface area contributed by atoms with Crippen molar-refractivity contribution < 1.29 is 9.59 Å². The summed E-state index contributed by atoms with van der Waals surface area (Å²) >= 11 is 0. The number of carbonyl (C=O) groups is 2. The van der Waals surface area contributed by atoms with E-state index in [9.17, 15) is 9.59 Å². The van der Waals surface area contributed by atoms with Gasteiger partial charge >= 0.3 is 6.03 Å². The van der Waals surface area contributed by atoms with Crippen LogP contribution in [0.15, 0.2) is 60.7 Å². The molecule has 4 rings (SSSR count). The van der Waals surface area contributed by atoms with Crippen LogP contribution in [0.5, 0.6) is 0 Å². The molecule has 162 valence electrons. The number of likely N-dealkylation sites (tertiary alicyclic amines) is 1. The number of hydrogen-bond donors (Lipinski definition) is 0. The van der Waals surface area contributed by atoms with Gasteiger partial charge in [0.1, 0.15) is 5.54 Å². The highest BCUT2D eigenvalue weighted by Crippen LogP contribution is 2.37. The number of carbonyl (C=O) groups excluding carboxylic acids is 2. The van der Waals surface area contributed by atoms with E-state index in [0.29, 0.717) is 25.9 Å². The van der Waals surface area contributed by atoms with Crippen LogP contribution in [-0.2, 0) is 11.3 Å². The summed E-state index contributed by atoms with van der Waals surface area (Å²) in [4.78, 5) is 32.1. The standard InChI is InChI=1S/C26H31N3O2/c1-3-29-25(31)28(16-8-13-22-10-5-4-6-11-22)24(30)26(29)14-17-27(18-15-26)20-23-12-7-9-21(2)19-23/h4-13,19H,3,14-18,20H2,1-2H3/b13-8+. The summed E-state index contributed by atoms with van der Waals surface area (Å²) < 4.78 is 0. The highest BCUT2D eigenvalue weighted by molar-refractivity contribution is 6.07. The summed E-state index contributed by atoms with van der Waals surface area (Å²) in [7, 11) is 0. The van der Waals surface area contributed by atoms with Crippen molar-refractivity contribution in [2.45, 2.75) is 38.8 Å². The molecule has 0 unspecified atom stereocenters. The molecule has 3 amide bonds. The number of imide groups is 1. The van der Waals surface area contributed by atoms with Crippen LogP contribution < -0.4 is 0 Å². The lowest BCUT2D eigenvalue weighted by atomic mass is 9.85. The summed E-state index contributed by atoms with van der Waals surface area (Å²) in [6.45, 7) is 7.47. The minimum Gasteiger partial charge on any atom is -0.310 e. The first-order chi connectivity index (χ1) is 15.0. The first kappa shape index (κ1) is 21.3. The van der Waals surface area contributed by atoms with Crippen molar-refractivity contribution in [2.24, 2.45) is 0 Å². The number of likely N-dealkylation sites (N-methyl/N-ethyl adjacent to an activating group) is 1. The van der Waals surface area contributed by atoms with Crippen molar-refractivity contribution >= 4 is 18.0 Å². The second-order valence-corrected chi connectivity index (χ2v) is 8.55. The summed E-state index contributed by atoms with van der Waals surface area (Å²) in [5, 5.41) is 0. The van der Waals surface area contributed by atoms with Crippen molar-refractivity contribution in [3.05, 3.63) is 77.4 Å². The maximum Gasteiger partial charge on any atom is 0.327 e. The number of amides is 3. The Morgan fingerprint density at radius 1 is 1.00 bits per heavy atom. The van der Waals surface area contributed by atoms with Crippen molar-refractivity contribution in [1.29, 1.82) is 0 Å². The van der Waals surface area contributed by atoms with Crippen LogP contribution in [0.25, 0.3) is 6.08 Å². The molecule has 2 fully saturated rings. The number of hydrogen-bond acceptors (Lipinski definition) is 3. The van der Waals surface area contributed by atoms with Gasteiger partial charge in [0.25, 0.3) is 5.91 Å².